The van der Waals surface area contributed by atoms with Crippen LogP contribution in [0.5, 0.6) is 0 Å². The van der Waals surface area contributed by atoms with Gasteiger partial charge in [-0.25, -0.2) is 4.68 Å². The molecule has 0 saturated heterocycles. The molecule has 184 valence electrons. The highest BCUT2D eigenvalue weighted by Gasteiger charge is 2.15. The van der Waals surface area contributed by atoms with E-state index in [2.05, 4.69) is 122 Å². The number of para-hydroxylation sites is 2. The molecular formula is C34H28N4. The highest BCUT2D eigenvalue weighted by molar-refractivity contribution is 6.10. The highest BCUT2D eigenvalue weighted by Crippen LogP contribution is 2.36. The van der Waals surface area contributed by atoms with Gasteiger partial charge < -0.3 is 4.57 Å². The molecule has 3 aromatic heterocycles. The maximum Gasteiger partial charge on any atom is 0.0780 e. The van der Waals surface area contributed by atoms with E-state index < -0.39 is 0 Å². The zero-order chi connectivity index (χ0) is 25.6. The molecule has 0 fully saturated rings. The molecule has 7 rings (SSSR count). The minimum Gasteiger partial charge on any atom is -0.309 e. The van der Waals surface area contributed by atoms with Gasteiger partial charge in [-0.1, -0.05) is 74.5 Å². The molecule has 0 saturated carbocycles. The van der Waals surface area contributed by atoms with E-state index >= 15 is 0 Å². The largest absolute Gasteiger partial charge is 0.309 e. The minimum absolute atomic E-state index is 0.577. The van der Waals surface area contributed by atoms with E-state index in [4.69, 9.17) is 10.1 Å². The Morgan fingerprint density at radius 1 is 0.711 bits per heavy atom. The fourth-order valence-corrected chi connectivity index (χ4v) is 5.56. The number of benzene rings is 4. The van der Waals surface area contributed by atoms with Gasteiger partial charge in [-0.3, -0.25) is 4.98 Å². The quantitative estimate of drug-likeness (QED) is 0.242. The van der Waals surface area contributed by atoms with Crippen LogP contribution >= 0.6 is 0 Å². The Kier molecular flexibility index (Phi) is 5.33. The molecule has 7 aromatic rings. The molecule has 0 amide bonds. The number of nitrogens with zero attached hydrogens (tertiary/aromatic N) is 4. The minimum atomic E-state index is 0.577. The number of hydrogen-bond donors (Lipinski definition) is 0. The summed E-state index contributed by atoms with van der Waals surface area (Å²) in [5, 5.41) is 8.48. The van der Waals surface area contributed by atoms with Crippen LogP contribution in [0.3, 0.4) is 0 Å². The summed E-state index contributed by atoms with van der Waals surface area (Å²) in [5.41, 5.74) is 8.98. The summed E-state index contributed by atoms with van der Waals surface area (Å²) in [7, 11) is 0. The van der Waals surface area contributed by atoms with E-state index in [0.717, 1.165) is 45.5 Å². The topological polar surface area (TPSA) is 35.6 Å². The fourth-order valence-electron chi connectivity index (χ4n) is 5.56. The molecule has 0 aliphatic rings. The number of fused-ring (bicyclic) bond motifs is 4. The number of pyridine rings is 1. The SMILES string of the molecule is CC(C)Cc1ccn(-c2cccc(-n3c4ccccc4c4ccc(-c5cccc6cccnc56)cc43)c2)n1. The average molecular weight is 493 g/mol. The van der Waals surface area contributed by atoms with Crippen molar-refractivity contribution in [1.82, 2.24) is 19.3 Å². The average Bonchev–Trinajstić information content (AvgIpc) is 3.54. The van der Waals surface area contributed by atoms with Gasteiger partial charge in [0.25, 0.3) is 0 Å². The molecular weight excluding hydrogens is 464 g/mol. The maximum absolute atomic E-state index is 4.85. The van der Waals surface area contributed by atoms with Crippen LogP contribution in [0.2, 0.25) is 0 Å². The predicted molar refractivity (Wildman–Crippen MR) is 157 cm³/mol. The third-order valence-corrected chi connectivity index (χ3v) is 7.23. The fraction of sp³-hybridized carbons (Fsp3) is 0.118. The number of rotatable bonds is 5. The second-order valence-corrected chi connectivity index (χ2v) is 10.3. The van der Waals surface area contributed by atoms with E-state index in [0.29, 0.717) is 5.92 Å². The summed E-state index contributed by atoms with van der Waals surface area (Å²) in [6.07, 6.45) is 4.91. The van der Waals surface area contributed by atoms with E-state index in [9.17, 15) is 0 Å². The Morgan fingerprint density at radius 2 is 1.53 bits per heavy atom. The second kappa shape index (κ2) is 9.00. The zero-order valence-corrected chi connectivity index (χ0v) is 21.5. The lowest BCUT2D eigenvalue weighted by atomic mass is 10.0. The monoisotopic (exact) mass is 492 g/mol. The van der Waals surface area contributed by atoms with E-state index in [1.807, 2.05) is 16.9 Å². The Labute approximate surface area is 221 Å². The highest BCUT2D eigenvalue weighted by atomic mass is 15.3. The van der Waals surface area contributed by atoms with Gasteiger partial charge in [-0.2, -0.15) is 5.10 Å². The number of aromatic nitrogens is 4. The molecule has 0 atom stereocenters. The molecule has 0 N–H and O–H groups in total. The molecule has 0 unspecified atom stereocenters. The van der Waals surface area contributed by atoms with Crippen molar-refractivity contribution in [3.63, 3.8) is 0 Å². The third kappa shape index (κ3) is 3.77. The first-order chi connectivity index (χ1) is 18.7. The molecule has 0 aliphatic heterocycles. The Hall–Kier alpha value is -4.70. The van der Waals surface area contributed by atoms with Crippen molar-refractivity contribution in [3.05, 3.63) is 121 Å². The van der Waals surface area contributed by atoms with Gasteiger partial charge in [0.2, 0.25) is 0 Å². The third-order valence-electron chi connectivity index (χ3n) is 7.23. The Bertz CT molecular complexity index is 1930. The molecule has 38 heavy (non-hydrogen) atoms. The zero-order valence-electron chi connectivity index (χ0n) is 21.5. The molecule has 0 spiro atoms. The van der Waals surface area contributed by atoms with Crippen molar-refractivity contribution < 1.29 is 0 Å². The van der Waals surface area contributed by atoms with E-state index in [1.165, 1.54) is 21.8 Å². The number of hydrogen-bond acceptors (Lipinski definition) is 2. The smallest absolute Gasteiger partial charge is 0.0780 e. The Balaban J connectivity index is 1.43. The lowest BCUT2D eigenvalue weighted by Gasteiger charge is -2.11. The molecule has 4 heteroatoms. The van der Waals surface area contributed by atoms with Crippen molar-refractivity contribution in [3.8, 4) is 22.5 Å². The van der Waals surface area contributed by atoms with E-state index in [-0.39, 0.29) is 0 Å². The summed E-state index contributed by atoms with van der Waals surface area (Å²) < 4.78 is 4.36. The van der Waals surface area contributed by atoms with Crippen molar-refractivity contribution in [2.75, 3.05) is 0 Å². The Morgan fingerprint density at radius 3 is 2.45 bits per heavy atom. The molecule has 0 radical (unpaired) electrons. The summed E-state index contributed by atoms with van der Waals surface area (Å²) in [6.45, 7) is 4.45. The van der Waals surface area contributed by atoms with Crippen LogP contribution in [0.4, 0.5) is 0 Å². The van der Waals surface area contributed by atoms with Crippen LogP contribution in [0.25, 0.3) is 55.2 Å². The summed E-state index contributed by atoms with van der Waals surface area (Å²) >= 11 is 0. The van der Waals surface area contributed by atoms with Crippen LogP contribution in [0.1, 0.15) is 19.5 Å². The predicted octanol–water partition coefficient (Wildman–Crippen LogP) is 8.38. The van der Waals surface area contributed by atoms with E-state index in [1.54, 1.807) is 0 Å². The molecule has 3 heterocycles. The molecule has 0 bridgehead atoms. The summed E-state index contributed by atoms with van der Waals surface area (Å²) in [6, 6.07) is 36.7. The molecule has 0 aliphatic carbocycles. The van der Waals surface area contributed by atoms with Crippen molar-refractivity contribution >= 4 is 32.7 Å². The summed E-state index contributed by atoms with van der Waals surface area (Å²) in [4.78, 5) is 4.71. The van der Waals surface area contributed by atoms with Crippen LogP contribution in [0, 0.1) is 5.92 Å². The van der Waals surface area contributed by atoms with Crippen molar-refractivity contribution in [1.29, 1.82) is 0 Å². The van der Waals surface area contributed by atoms with Gasteiger partial charge in [0, 0.05) is 39.8 Å². The normalized spacial score (nSPS) is 11.8. The van der Waals surface area contributed by atoms with Crippen LogP contribution in [-0.4, -0.2) is 19.3 Å². The van der Waals surface area contributed by atoms with Gasteiger partial charge in [0.05, 0.1) is 27.9 Å². The maximum atomic E-state index is 4.85. The van der Waals surface area contributed by atoms with Crippen LogP contribution < -0.4 is 0 Å². The molecule has 4 aromatic carbocycles. The van der Waals surface area contributed by atoms with Gasteiger partial charge in [-0.05, 0) is 60.4 Å². The lowest BCUT2D eigenvalue weighted by Crippen LogP contribution is -2.01. The first-order valence-electron chi connectivity index (χ1n) is 13.2. The lowest BCUT2D eigenvalue weighted by molar-refractivity contribution is 0.628. The van der Waals surface area contributed by atoms with Crippen LogP contribution in [0.15, 0.2) is 116 Å². The van der Waals surface area contributed by atoms with Crippen molar-refractivity contribution in [2.24, 2.45) is 5.92 Å². The first-order valence-corrected chi connectivity index (χ1v) is 13.2. The summed E-state index contributed by atoms with van der Waals surface area (Å²) in [5.74, 6) is 0.577. The molecule has 4 nitrogen and oxygen atoms in total. The van der Waals surface area contributed by atoms with Crippen molar-refractivity contribution in [2.45, 2.75) is 20.3 Å². The van der Waals surface area contributed by atoms with Gasteiger partial charge in [-0.15, -0.1) is 0 Å². The standard InChI is InChI=1S/C34H28N4/c1-23(2)20-26-17-19-37(36-26)27-10-6-11-28(22-27)38-32-14-4-3-12-30(32)31-16-15-25(21-33(31)38)29-13-5-8-24-9-7-18-35-34(24)29/h3-19,21-23H,20H2,1-2H3. The first kappa shape index (κ1) is 22.5. The van der Waals surface area contributed by atoms with Gasteiger partial charge in [0.15, 0.2) is 0 Å². The second-order valence-electron chi connectivity index (χ2n) is 10.3. The van der Waals surface area contributed by atoms with Gasteiger partial charge in [0.1, 0.15) is 0 Å². The van der Waals surface area contributed by atoms with Crippen LogP contribution in [-0.2, 0) is 6.42 Å². The van der Waals surface area contributed by atoms with Gasteiger partial charge >= 0.3 is 0 Å².